The highest BCUT2D eigenvalue weighted by Crippen LogP contribution is 2.35. The van der Waals surface area contributed by atoms with Gasteiger partial charge in [-0.3, -0.25) is 9.69 Å². The minimum atomic E-state index is -0.466. The van der Waals surface area contributed by atoms with Gasteiger partial charge in [0, 0.05) is 14.1 Å². The van der Waals surface area contributed by atoms with E-state index in [1.165, 1.54) is 4.90 Å². The van der Waals surface area contributed by atoms with Crippen molar-refractivity contribution >= 4 is 11.9 Å². The average Bonchev–Trinajstić information content (AvgIpc) is 2.72. The van der Waals surface area contributed by atoms with Crippen LogP contribution in [0.1, 0.15) is 11.6 Å². The third-order valence-electron chi connectivity index (χ3n) is 3.77. The van der Waals surface area contributed by atoms with Gasteiger partial charge in [0.1, 0.15) is 5.75 Å². The number of nitrogens with zero attached hydrogens (tertiary/aromatic N) is 2. The van der Waals surface area contributed by atoms with Crippen molar-refractivity contribution in [3.8, 4) is 5.75 Å². The van der Waals surface area contributed by atoms with Gasteiger partial charge in [0.2, 0.25) is 0 Å². The Morgan fingerprint density at radius 3 is 2.50 bits per heavy atom. The number of phenolic OH excluding ortho intramolecular Hbond substituents is 1. The van der Waals surface area contributed by atoms with Crippen LogP contribution >= 0.6 is 0 Å². The second-order valence-corrected chi connectivity index (χ2v) is 5.05. The normalized spacial score (nSPS) is 22.2. The zero-order valence-corrected chi connectivity index (χ0v) is 11.3. The number of carbonyl (C=O) groups excluding carboxylic acids is 2. The molecule has 2 N–H and O–H groups in total. The van der Waals surface area contributed by atoms with Crippen LogP contribution in [0.2, 0.25) is 0 Å². The van der Waals surface area contributed by atoms with Crippen LogP contribution in [0, 0.1) is 0 Å². The highest BCUT2D eigenvalue weighted by atomic mass is 16.3. The molecule has 0 bridgehead atoms. The van der Waals surface area contributed by atoms with E-state index < -0.39 is 6.04 Å². The maximum atomic E-state index is 12.3. The number of benzene rings is 1. The summed E-state index contributed by atoms with van der Waals surface area (Å²) in [6.45, 7) is 0.437. The molecule has 1 atom stereocenters. The second kappa shape index (κ2) is 4.26. The Balaban J connectivity index is 2.08. The maximum Gasteiger partial charge on any atom is 0.322 e. The van der Waals surface area contributed by atoms with Gasteiger partial charge in [0.15, 0.2) is 0 Å². The van der Waals surface area contributed by atoms with E-state index in [2.05, 4.69) is 5.32 Å². The molecule has 0 fully saturated rings. The molecule has 0 saturated heterocycles. The van der Waals surface area contributed by atoms with Crippen molar-refractivity contribution in [2.75, 3.05) is 20.6 Å². The van der Waals surface area contributed by atoms with E-state index in [1.54, 1.807) is 43.3 Å². The van der Waals surface area contributed by atoms with Crippen molar-refractivity contribution in [2.45, 2.75) is 6.04 Å². The molecule has 1 aromatic rings. The van der Waals surface area contributed by atoms with Crippen LogP contribution in [0.25, 0.3) is 0 Å². The van der Waals surface area contributed by atoms with Gasteiger partial charge in [0.25, 0.3) is 5.91 Å². The molecule has 6 heteroatoms. The van der Waals surface area contributed by atoms with E-state index in [9.17, 15) is 14.7 Å². The molecule has 1 unspecified atom stereocenters. The molecular formula is C14H15N3O3. The van der Waals surface area contributed by atoms with E-state index in [0.29, 0.717) is 12.1 Å². The third kappa shape index (κ3) is 1.72. The van der Waals surface area contributed by atoms with E-state index in [-0.39, 0.29) is 17.7 Å². The minimum Gasteiger partial charge on any atom is -0.508 e. The third-order valence-corrected chi connectivity index (χ3v) is 3.77. The SMILES string of the molecule is CN1CC2=C(C1=O)C(c1ccc(O)cc1)NC(=O)N2C. The summed E-state index contributed by atoms with van der Waals surface area (Å²) in [5.41, 5.74) is 2.11. The molecule has 104 valence electrons. The number of phenols is 1. The monoisotopic (exact) mass is 273 g/mol. The van der Waals surface area contributed by atoms with Gasteiger partial charge in [-0.2, -0.15) is 0 Å². The van der Waals surface area contributed by atoms with Crippen LogP contribution in [-0.2, 0) is 4.79 Å². The van der Waals surface area contributed by atoms with E-state index >= 15 is 0 Å². The molecule has 2 aliphatic heterocycles. The lowest BCUT2D eigenvalue weighted by Crippen LogP contribution is -2.45. The fourth-order valence-corrected chi connectivity index (χ4v) is 2.62. The van der Waals surface area contributed by atoms with Crippen LogP contribution in [0.15, 0.2) is 35.5 Å². The summed E-state index contributed by atoms with van der Waals surface area (Å²) >= 11 is 0. The van der Waals surface area contributed by atoms with Crippen molar-refractivity contribution in [1.82, 2.24) is 15.1 Å². The zero-order valence-electron chi connectivity index (χ0n) is 11.3. The highest BCUT2D eigenvalue weighted by Gasteiger charge is 2.41. The maximum absolute atomic E-state index is 12.3. The fraction of sp³-hybridized carbons (Fsp3) is 0.286. The van der Waals surface area contributed by atoms with Crippen LogP contribution in [0.5, 0.6) is 5.75 Å². The quantitative estimate of drug-likeness (QED) is 0.795. The Kier molecular flexibility index (Phi) is 2.67. The van der Waals surface area contributed by atoms with Crippen LogP contribution < -0.4 is 5.32 Å². The number of urea groups is 1. The summed E-state index contributed by atoms with van der Waals surface area (Å²) in [7, 11) is 3.37. The standard InChI is InChI=1S/C14H15N3O3/c1-16-7-10-11(13(16)19)12(15-14(20)17(10)2)8-3-5-9(18)6-4-8/h3-6,12,18H,7H2,1-2H3,(H,15,20). The second-order valence-electron chi connectivity index (χ2n) is 5.05. The molecular weight excluding hydrogens is 258 g/mol. The minimum absolute atomic E-state index is 0.0788. The van der Waals surface area contributed by atoms with Crippen molar-refractivity contribution < 1.29 is 14.7 Å². The number of likely N-dealkylation sites (N-methyl/N-ethyl adjacent to an activating group) is 2. The average molecular weight is 273 g/mol. The molecule has 2 heterocycles. The number of carbonyl (C=O) groups is 2. The topological polar surface area (TPSA) is 72.9 Å². The predicted molar refractivity (Wildman–Crippen MR) is 71.8 cm³/mol. The lowest BCUT2D eigenvalue weighted by molar-refractivity contribution is -0.124. The van der Waals surface area contributed by atoms with Crippen LogP contribution in [0.4, 0.5) is 4.79 Å². The Morgan fingerprint density at radius 2 is 1.85 bits per heavy atom. The number of aromatic hydroxyl groups is 1. The zero-order chi connectivity index (χ0) is 14.4. The lowest BCUT2D eigenvalue weighted by Gasteiger charge is -2.31. The summed E-state index contributed by atoms with van der Waals surface area (Å²) < 4.78 is 0. The van der Waals surface area contributed by atoms with Gasteiger partial charge < -0.3 is 15.3 Å². The van der Waals surface area contributed by atoms with Gasteiger partial charge in [-0.1, -0.05) is 12.1 Å². The number of nitrogens with one attached hydrogen (secondary N) is 1. The van der Waals surface area contributed by atoms with E-state index in [1.807, 2.05) is 0 Å². The largest absolute Gasteiger partial charge is 0.508 e. The molecule has 0 aliphatic carbocycles. The molecule has 0 aromatic heterocycles. The first-order valence-electron chi connectivity index (χ1n) is 6.30. The molecule has 2 aliphatic rings. The molecule has 20 heavy (non-hydrogen) atoms. The Morgan fingerprint density at radius 1 is 1.20 bits per heavy atom. The lowest BCUT2D eigenvalue weighted by atomic mass is 9.96. The highest BCUT2D eigenvalue weighted by molar-refractivity contribution is 6.01. The Bertz CT molecular complexity index is 621. The smallest absolute Gasteiger partial charge is 0.322 e. The van der Waals surface area contributed by atoms with Gasteiger partial charge >= 0.3 is 6.03 Å². The van der Waals surface area contributed by atoms with Gasteiger partial charge in [-0.15, -0.1) is 0 Å². The number of hydrogen-bond acceptors (Lipinski definition) is 3. The summed E-state index contributed by atoms with van der Waals surface area (Å²) in [5.74, 6) is 0.0713. The molecule has 0 radical (unpaired) electrons. The number of hydrogen-bond donors (Lipinski definition) is 2. The molecule has 1 aromatic carbocycles. The van der Waals surface area contributed by atoms with Gasteiger partial charge in [-0.25, -0.2) is 4.79 Å². The van der Waals surface area contributed by atoms with Crippen molar-refractivity contribution in [2.24, 2.45) is 0 Å². The van der Waals surface area contributed by atoms with Crippen molar-refractivity contribution in [1.29, 1.82) is 0 Å². The molecule has 6 nitrogen and oxygen atoms in total. The predicted octanol–water partition coefficient (Wildman–Crippen LogP) is 0.814. The number of rotatable bonds is 1. The van der Waals surface area contributed by atoms with Crippen LogP contribution in [-0.4, -0.2) is 47.5 Å². The van der Waals surface area contributed by atoms with E-state index in [0.717, 1.165) is 11.3 Å². The number of amides is 3. The summed E-state index contributed by atoms with van der Waals surface area (Å²) in [6.07, 6.45) is 0. The van der Waals surface area contributed by atoms with Gasteiger partial charge in [-0.05, 0) is 17.7 Å². The first-order chi connectivity index (χ1) is 9.49. The summed E-state index contributed by atoms with van der Waals surface area (Å²) in [4.78, 5) is 27.4. The molecule has 3 amide bonds. The molecule has 3 rings (SSSR count). The fourth-order valence-electron chi connectivity index (χ4n) is 2.62. The molecule has 0 saturated carbocycles. The van der Waals surface area contributed by atoms with Crippen molar-refractivity contribution in [3.05, 3.63) is 41.1 Å². The van der Waals surface area contributed by atoms with Crippen molar-refractivity contribution in [3.63, 3.8) is 0 Å². The Labute approximate surface area is 116 Å². The molecule has 0 spiro atoms. The van der Waals surface area contributed by atoms with E-state index in [4.69, 9.17) is 0 Å². The summed E-state index contributed by atoms with van der Waals surface area (Å²) in [5, 5.41) is 12.2. The van der Waals surface area contributed by atoms with Gasteiger partial charge in [0.05, 0.1) is 23.9 Å². The first-order valence-corrected chi connectivity index (χ1v) is 6.30. The Hall–Kier alpha value is -2.50. The summed E-state index contributed by atoms with van der Waals surface area (Å²) in [6, 6.07) is 5.81. The first kappa shape index (κ1) is 12.5. The van der Waals surface area contributed by atoms with Crippen LogP contribution in [0.3, 0.4) is 0 Å².